The van der Waals surface area contributed by atoms with Gasteiger partial charge in [0.25, 0.3) is 0 Å². The minimum absolute atomic E-state index is 0.0822. The third kappa shape index (κ3) is 4.13. The molecule has 5 rings (SSSR count). The minimum atomic E-state index is -0.566. The van der Waals surface area contributed by atoms with Gasteiger partial charge in [-0.2, -0.15) is 0 Å². The van der Waals surface area contributed by atoms with Crippen LogP contribution >= 0.6 is 11.6 Å². The van der Waals surface area contributed by atoms with E-state index in [1.54, 1.807) is 23.4 Å². The molecule has 5 heterocycles. The number of likely N-dealkylation sites (tertiary alicyclic amines) is 1. The van der Waals surface area contributed by atoms with Crippen molar-refractivity contribution < 1.29 is 18.7 Å². The van der Waals surface area contributed by atoms with E-state index in [4.69, 9.17) is 21.1 Å². The highest BCUT2D eigenvalue weighted by Gasteiger charge is 2.30. The molecule has 2 atom stereocenters. The van der Waals surface area contributed by atoms with Crippen LogP contribution in [0.2, 0.25) is 5.02 Å². The number of rotatable bonds is 4. The van der Waals surface area contributed by atoms with Gasteiger partial charge in [0.15, 0.2) is 17.5 Å². The average molecular weight is 447 g/mol. The van der Waals surface area contributed by atoms with E-state index >= 15 is 0 Å². The molecule has 2 fully saturated rings. The first-order valence-electron chi connectivity index (χ1n) is 10.0. The fourth-order valence-electron chi connectivity index (χ4n) is 3.82. The molecule has 0 aliphatic carbocycles. The van der Waals surface area contributed by atoms with E-state index < -0.39 is 5.82 Å². The molecule has 1 unspecified atom stereocenters. The predicted octanol–water partition coefficient (Wildman–Crippen LogP) is 3.22. The van der Waals surface area contributed by atoms with Crippen molar-refractivity contribution in [3.8, 4) is 11.4 Å². The molecular weight excluding hydrogens is 427 g/mol. The SMILES string of the molecule is O=C(O[C@@H]1CCOC1)N1CCC(Nc2nc(-c3c[nH]c4ncc(Cl)cc34)ncc2F)C1. The summed E-state index contributed by atoms with van der Waals surface area (Å²) in [6, 6.07) is 1.61. The lowest BCUT2D eigenvalue weighted by atomic mass is 10.2. The van der Waals surface area contributed by atoms with E-state index in [1.165, 1.54) is 0 Å². The number of nitrogens with one attached hydrogen (secondary N) is 2. The monoisotopic (exact) mass is 446 g/mol. The molecule has 2 saturated heterocycles. The first-order chi connectivity index (χ1) is 15.1. The first-order valence-corrected chi connectivity index (χ1v) is 10.4. The zero-order chi connectivity index (χ0) is 21.4. The predicted molar refractivity (Wildman–Crippen MR) is 111 cm³/mol. The third-order valence-electron chi connectivity index (χ3n) is 5.43. The van der Waals surface area contributed by atoms with Crippen molar-refractivity contribution in [2.45, 2.75) is 25.0 Å². The number of halogens is 2. The van der Waals surface area contributed by atoms with E-state index in [0.717, 1.165) is 11.6 Å². The summed E-state index contributed by atoms with van der Waals surface area (Å²) < 4.78 is 25.1. The number of H-pyrrole nitrogens is 1. The van der Waals surface area contributed by atoms with Crippen LogP contribution in [0.1, 0.15) is 12.8 Å². The van der Waals surface area contributed by atoms with Gasteiger partial charge in [0, 0.05) is 48.9 Å². The highest BCUT2D eigenvalue weighted by Crippen LogP contribution is 2.28. The molecule has 11 heteroatoms. The van der Waals surface area contributed by atoms with Gasteiger partial charge in [-0.1, -0.05) is 11.6 Å². The van der Waals surface area contributed by atoms with Crippen LogP contribution in [0.3, 0.4) is 0 Å². The number of hydrogen-bond donors (Lipinski definition) is 2. The summed E-state index contributed by atoms with van der Waals surface area (Å²) in [5, 5.41) is 4.33. The lowest BCUT2D eigenvalue weighted by Crippen LogP contribution is -2.34. The van der Waals surface area contributed by atoms with Gasteiger partial charge >= 0.3 is 6.09 Å². The molecule has 0 bridgehead atoms. The molecular formula is C20H20ClFN6O3. The van der Waals surface area contributed by atoms with Gasteiger partial charge in [0.1, 0.15) is 11.8 Å². The van der Waals surface area contributed by atoms with Crippen LogP contribution in [-0.2, 0) is 9.47 Å². The lowest BCUT2D eigenvalue weighted by Gasteiger charge is -2.19. The van der Waals surface area contributed by atoms with Gasteiger partial charge in [-0.15, -0.1) is 0 Å². The Kier molecular flexibility index (Phi) is 5.33. The second-order valence-electron chi connectivity index (χ2n) is 7.59. The van der Waals surface area contributed by atoms with E-state index in [9.17, 15) is 9.18 Å². The smallest absolute Gasteiger partial charge is 0.410 e. The van der Waals surface area contributed by atoms with Crippen LogP contribution in [0.4, 0.5) is 15.0 Å². The number of carbonyl (C=O) groups excluding carboxylic acids is 1. The van der Waals surface area contributed by atoms with Crippen LogP contribution in [0.15, 0.2) is 24.7 Å². The fourth-order valence-corrected chi connectivity index (χ4v) is 3.98. The van der Waals surface area contributed by atoms with Crippen molar-refractivity contribution in [3.05, 3.63) is 35.5 Å². The van der Waals surface area contributed by atoms with Gasteiger partial charge in [-0.25, -0.2) is 24.1 Å². The summed E-state index contributed by atoms with van der Waals surface area (Å²) in [5.41, 5.74) is 1.31. The van der Waals surface area contributed by atoms with E-state index in [0.29, 0.717) is 61.2 Å². The summed E-state index contributed by atoms with van der Waals surface area (Å²) in [7, 11) is 0. The summed E-state index contributed by atoms with van der Waals surface area (Å²) >= 11 is 6.06. The molecule has 0 aromatic carbocycles. The van der Waals surface area contributed by atoms with Crippen molar-refractivity contribution in [3.63, 3.8) is 0 Å². The topological polar surface area (TPSA) is 105 Å². The quantitative estimate of drug-likeness (QED) is 0.633. The molecule has 2 aliphatic rings. The van der Waals surface area contributed by atoms with Gasteiger partial charge in [-0.05, 0) is 12.5 Å². The second-order valence-corrected chi connectivity index (χ2v) is 8.02. The molecule has 0 spiro atoms. The number of hydrogen-bond acceptors (Lipinski definition) is 7. The Labute approximate surface area is 181 Å². The molecule has 9 nitrogen and oxygen atoms in total. The second kappa shape index (κ2) is 8.27. The number of fused-ring (bicyclic) bond motifs is 1. The minimum Gasteiger partial charge on any atom is -0.444 e. The Bertz CT molecular complexity index is 1120. The largest absolute Gasteiger partial charge is 0.444 e. The number of carbonyl (C=O) groups is 1. The van der Waals surface area contributed by atoms with E-state index in [-0.39, 0.29) is 24.1 Å². The van der Waals surface area contributed by atoms with Gasteiger partial charge in [0.2, 0.25) is 0 Å². The number of amides is 1. The Morgan fingerprint density at radius 3 is 3.10 bits per heavy atom. The third-order valence-corrected chi connectivity index (χ3v) is 5.63. The standard InChI is InChI=1S/C20H20ClFN6O3/c21-11-5-14-15(7-24-17(14)23-6-11)18-25-8-16(22)19(27-18)26-12-1-3-28(9-12)20(29)31-13-2-4-30-10-13/h5-8,12-13H,1-4,9-10H2,(H,23,24)(H,25,26,27)/t12?,13-/m1/s1. The van der Waals surface area contributed by atoms with Gasteiger partial charge < -0.3 is 24.7 Å². The number of pyridine rings is 1. The molecule has 162 valence electrons. The van der Waals surface area contributed by atoms with Crippen LogP contribution < -0.4 is 5.32 Å². The Hall–Kier alpha value is -2.98. The fraction of sp³-hybridized carbons (Fsp3) is 0.400. The summed E-state index contributed by atoms with van der Waals surface area (Å²) in [4.78, 5) is 29.7. The van der Waals surface area contributed by atoms with Crippen molar-refractivity contribution in [1.29, 1.82) is 0 Å². The Morgan fingerprint density at radius 2 is 2.26 bits per heavy atom. The Balaban J connectivity index is 1.30. The molecule has 0 radical (unpaired) electrons. The number of ether oxygens (including phenoxy) is 2. The molecule has 2 N–H and O–H groups in total. The van der Waals surface area contributed by atoms with Gasteiger partial charge in [-0.3, -0.25) is 0 Å². The normalized spacial score (nSPS) is 21.0. The zero-order valence-electron chi connectivity index (χ0n) is 16.5. The van der Waals surface area contributed by atoms with Crippen molar-refractivity contribution >= 4 is 34.5 Å². The van der Waals surface area contributed by atoms with Crippen molar-refractivity contribution in [1.82, 2.24) is 24.8 Å². The molecule has 2 aliphatic heterocycles. The van der Waals surface area contributed by atoms with E-state index in [2.05, 4.69) is 25.3 Å². The number of aromatic nitrogens is 4. The molecule has 3 aromatic heterocycles. The Morgan fingerprint density at radius 1 is 1.35 bits per heavy atom. The molecule has 0 saturated carbocycles. The van der Waals surface area contributed by atoms with Crippen LogP contribution in [0, 0.1) is 5.82 Å². The van der Waals surface area contributed by atoms with Crippen LogP contribution in [0.25, 0.3) is 22.4 Å². The van der Waals surface area contributed by atoms with Crippen molar-refractivity contribution in [2.24, 2.45) is 0 Å². The zero-order valence-corrected chi connectivity index (χ0v) is 17.2. The summed E-state index contributed by atoms with van der Waals surface area (Å²) in [6.45, 7) is 1.97. The highest BCUT2D eigenvalue weighted by molar-refractivity contribution is 6.31. The van der Waals surface area contributed by atoms with E-state index in [1.807, 2.05) is 0 Å². The van der Waals surface area contributed by atoms with Crippen LogP contribution in [0.5, 0.6) is 0 Å². The maximum Gasteiger partial charge on any atom is 0.410 e. The number of aromatic amines is 1. The summed E-state index contributed by atoms with van der Waals surface area (Å²) in [5.74, 6) is -0.141. The maximum atomic E-state index is 14.4. The van der Waals surface area contributed by atoms with Gasteiger partial charge in [0.05, 0.1) is 24.4 Å². The highest BCUT2D eigenvalue weighted by atomic mass is 35.5. The number of anilines is 1. The first kappa shape index (κ1) is 20.0. The molecule has 1 amide bonds. The van der Waals surface area contributed by atoms with Crippen molar-refractivity contribution in [2.75, 3.05) is 31.6 Å². The lowest BCUT2D eigenvalue weighted by molar-refractivity contribution is 0.0595. The molecule has 31 heavy (non-hydrogen) atoms. The summed E-state index contributed by atoms with van der Waals surface area (Å²) in [6.07, 6.45) is 5.19. The number of nitrogens with zero attached hydrogens (tertiary/aromatic N) is 4. The molecule has 3 aromatic rings. The maximum absolute atomic E-state index is 14.4. The van der Waals surface area contributed by atoms with Crippen LogP contribution in [-0.4, -0.2) is 69.4 Å². The average Bonchev–Trinajstić information content (AvgIpc) is 3.50.